The van der Waals surface area contributed by atoms with E-state index in [1.807, 2.05) is 32.0 Å². The van der Waals surface area contributed by atoms with Crippen LogP contribution in [0.4, 0.5) is 0 Å². The summed E-state index contributed by atoms with van der Waals surface area (Å²) in [6.07, 6.45) is 3.16. The molecule has 0 saturated heterocycles. The molecule has 7 nitrogen and oxygen atoms in total. The molecule has 0 saturated carbocycles. The van der Waals surface area contributed by atoms with Gasteiger partial charge in [0.1, 0.15) is 30.5 Å². The number of aliphatic imine (C=N–C) groups is 1. The van der Waals surface area contributed by atoms with E-state index in [0.29, 0.717) is 41.1 Å². The van der Waals surface area contributed by atoms with E-state index in [0.717, 1.165) is 16.9 Å². The largest absolute Gasteiger partial charge is 0.490 e. The number of carbonyl (C=O) groups is 1. The molecular weight excluding hydrogens is 430 g/mol. The molecule has 2 aromatic carbocycles. The summed E-state index contributed by atoms with van der Waals surface area (Å²) in [5.41, 5.74) is 2.96. The molecule has 0 aromatic heterocycles. The monoisotopic (exact) mass is 451 g/mol. The Balaban J connectivity index is 1.40. The van der Waals surface area contributed by atoms with Crippen LogP contribution >= 0.6 is 11.6 Å². The van der Waals surface area contributed by atoms with Gasteiger partial charge < -0.3 is 14.3 Å². The normalized spacial score (nSPS) is 16.5. The second-order valence-electron chi connectivity index (χ2n) is 7.48. The third kappa shape index (κ3) is 4.53. The van der Waals surface area contributed by atoms with Crippen molar-refractivity contribution in [3.8, 4) is 11.5 Å². The summed E-state index contributed by atoms with van der Waals surface area (Å²) in [7, 11) is 0. The summed E-state index contributed by atoms with van der Waals surface area (Å²) < 4.78 is 11.5. The maximum absolute atomic E-state index is 12.4. The minimum absolute atomic E-state index is 0.0758. The Bertz CT molecular complexity index is 1200. The van der Waals surface area contributed by atoms with Crippen LogP contribution in [-0.4, -0.2) is 35.9 Å². The molecule has 0 atom stereocenters. The van der Waals surface area contributed by atoms with E-state index in [1.165, 1.54) is 5.06 Å². The van der Waals surface area contributed by atoms with Crippen molar-refractivity contribution >= 4 is 35.3 Å². The highest BCUT2D eigenvalue weighted by molar-refractivity contribution is 6.33. The highest BCUT2D eigenvalue weighted by atomic mass is 35.5. The molecule has 4 rings (SSSR count). The maximum atomic E-state index is 12.4. The first-order chi connectivity index (χ1) is 15.3. The van der Waals surface area contributed by atoms with Gasteiger partial charge in [0.05, 0.1) is 10.6 Å². The van der Waals surface area contributed by atoms with Crippen molar-refractivity contribution in [2.24, 2.45) is 4.99 Å². The average Bonchev–Trinajstić information content (AvgIpc) is 3.12. The summed E-state index contributed by atoms with van der Waals surface area (Å²) in [6.45, 7) is 6.45. The van der Waals surface area contributed by atoms with Crippen LogP contribution in [-0.2, 0) is 9.63 Å². The minimum atomic E-state index is -0.504. The summed E-state index contributed by atoms with van der Waals surface area (Å²) in [5, 5.41) is 9.89. The molecule has 0 fully saturated rings. The van der Waals surface area contributed by atoms with Gasteiger partial charge in [0.15, 0.2) is 11.7 Å². The molecule has 2 aliphatic heterocycles. The van der Waals surface area contributed by atoms with E-state index in [9.17, 15) is 4.79 Å². The molecule has 2 aliphatic rings. The van der Waals surface area contributed by atoms with Gasteiger partial charge in [0, 0.05) is 6.08 Å². The van der Waals surface area contributed by atoms with Gasteiger partial charge >= 0.3 is 0 Å². The lowest BCUT2D eigenvalue weighted by Crippen LogP contribution is -2.38. The van der Waals surface area contributed by atoms with Crippen LogP contribution in [0.25, 0.3) is 6.08 Å². The fourth-order valence-corrected chi connectivity index (χ4v) is 3.50. The number of nitrogens with zero attached hydrogens (tertiary/aromatic N) is 2. The number of carbonyl (C=O) groups excluding carboxylic acids is 1. The van der Waals surface area contributed by atoms with Gasteiger partial charge in [-0.15, -0.1) is 5.06 Å². The number of ether oxygens (including phenoxy) is 2. The number of hydrogen-bond acceptors (Lipinski definition) is 5. The smallest absolute Gasteiger partial charge is 0.282 e. The molecule has 1 amide bonds. The van der Waals surface area contributed by atoms with Crippen LogP contribution in [0, 0.1) is 19.3 Å². The van der Waals surface area contributed by atoms with Crippen molar-refractivity contribution in [3.63, 3.8) is 0 Å². The van der Waals surface area contributed by atoms with Crippen molar-refractivity contribution in [1.82, 2.24) is 5.06 Å². The van der Waals surface area contributed by atoms with Gasteiger partial charge in [0.2, 0.25) is 0 Å². The molecule has 0 radical (unpaired) electrons. The van der Waals surface area contributed by atoms with Crippen LogP contribution < -0.4 is 9.47 Å². The molecule has 8 heteroatoms. The fraction of sp³-hybridized carbons (Fsp3) is 0.208. The lowest BCUT2D eigenvalue weighted by Gasteiger charge is -2.23. The van der Waals surface area contributed by atoms with Crippen LogP contribution in [0.2, 0.25) is 5.02 Å². The van der Waals surface area contributed by atoms with Crippen LogP contribution in [0.3, 0.4) is 0 Å². The average molecular weight is 452 g/mol. The molecule has 0 bridgehead atoms. The third-order valence-electron chi connectivity index (χ3n) is 4.89. The molecule has 0 aliphatic carbocycles. The van der Waals surface area contributed by atoms with Crippen molar-refractivity contribution in [1.29, 1.82) is 5.41 Å². The first kappa shape index (κ1) is 21.6. The SMILES string of the molecule is CC1=CC2=NC(=O)/C(=C/c3ccc(OCCOc4cc(C)ccc4C)c(Cl)c3)C(=N)N2O1. The Hall–Kier alpha value is -3.58. The van der Waals surface area contributed by atoms with Crippen molar-refractivity contribution < 1.29 is 19.1 Å². The molecule has 2 heterocycles. The molecule has 164 valence electrons. The first-order valence-corrected chi connectivity index (χ1v) is 10.4. The number of halogens is 1. The van der Waals surface area contributed by atoms with E-state index in [1.54, 1.807) is 37.3 Å². The van der Waals surface area contributed by atoms with Crippen LogP contribution in [0.5, 0.6) is 11.5 Å². The highest BCUT2D eigenvalue weighted by Crippen LogP contribution is 2.28. The van der Waals surface area contributed by atoms with Gasteiger partial charge in [0.25, 0.3) is 5.91 Å². The van der Waals surface area contributed by atoms with Gasteiger partial charge in [-0.05, 0) is 61.7 Å². The van der Waals surface area contributed by atoms with E-state index in [2.05, 4.69) is 4.99 Å². The van der Waals surface area contributed by atoms with E-state index in [4.69, 9.17) is 31.3 Å². The topological polar surface area (TPSA) is 84.2 Å². The van der Waals surface area contributed by atoms with Gasteiger partial charge in [-0.1, -0.05) is 29.8 Å². The number of amidine groups is 2. The molecule has 0 spiro atoms. The van der Waals surface area contributed by atoms with E-state index >= 15 is 0 Å². The lowest BCUT2D eigenvalue weighted by atomic mass is 10.1. The van der Waals surface area contributed by atoms with Crippen molar-refractivity contribution in [2.45, 2.75) is 20.8 Å². The Labute approximate surface area is 191 Å². The molecular formula is C24H22ClN3O4. The molecule has 32 heavy (non-hydrogen) atoms. The van der Waals surface area contributed by atoms with E-state index in [-0.39, 0.29) is 11.4 Å². The van der Waals surface area contributed by atoms with Crippen LogP contribution in [0.1, 0.15) is 23.6 Å². The second-order valence-corrected chi connectivity index (χ2v) is 7.89. The minimum Gasteiger partial charge on any atom is -0.490 e. The number of fused-ring (bicyclic) bond motifs is 1. The summed E-state index contributed by atoms with van der Waals surface area (Å²) in [5.74, 6) is 1.63. The van der Waals surface area contributed by atoms with Gasteiger partial charge in [-0.2, -0.15) is 4.99 Å². The number of nitrogens with one attached hydrogen (secondary N) is 1. The lowest BCUT2D eigenvalue weighted by molar-refractivity contribution is -0.114. The van der Waals surface area contributed by atoms with Crippen molar-refractivity contribution in [3.05, 3.63) is 75.5 Å². The summed E-state index contributed by atoms with van der Waals surface area (Å²) in [4.78, 5) is 21.8. The zero-order valence-electron chi connectivity index (χ0n) is 17.9. The Morgan fingerprint density at radius 1 is 1.09 bits per heavy atom. The predicted molar refractivity (Wildman–Crippen MR) is 123 cm³/mol. The van der Waals surface area contributed by atoms with Crippen LogP contribution in [0.15, 0.2) is 58.8 Å². The van der Waals surface area contributed by atoms with Gasteiger partial charge in [-0.25, -0.2) is 0 Å². The Kier molecular flexibility index (Phi) is 6.01. The number of benzene rings is 2. The number of hydroxylamine groups is 2. The third-order valence-corrected chi connectivity index (χ3v) is 5.18. The zero-order chi connectivity index (χ0) is 22.8. The fourth-order valence-electron chi connectivity index (χ4n) is 3.26. The molecule has 2 aromatic rings. The number of amides is 1. The van der Waals surface area contributed by atoms with Crippen molar-refractivity contribution in [2.75, 3.05) is 13.2 Å². The van der Waals surface area contributed by atoms with E-state index < -0.39 is 5.91 Å². The number of allylic oxidation sites excluding steroid dienone is 1. The number of aryl methyl sites for hydroxylation is 2. The Morgan fingerprint density at radius 2 is 1.84 bits per heavy atom. The standard InChI is InChI=1S/C24H22ClN3O4/c1-14-4-5-15(2)21(10-14)31-9-8-30-20-7-6-17(13-19(20)25)12-18-23(26)28-22(27-24(18)29)11-16(3)32-28/h4-7,10-13,26H,8-9H2,1-3H3/b18-12+,26-23?. The predicted octanol–water partition coefficient (Wildman–Crippen LogP) is 4.87. The van der Waals surface area contributed by atoms with Gasteiger partial charge in [-0.3, -0.25) is 10.2 Å². The number of rotatable bonds is 6. The Morgan fingerprint density at radius 3 is 2.59 bits per heavy atom. The first-order valence-electron chi connectivity index (χ1n) is 10.0. The number of hydrogen-bond donors (Lipinski definition) is 1. The highest BCUT2D eigenvalue weighted by Gasteiger charge is 2.34. The zero-order valence-corrected chi connectivity index (χ0v) is 18.7. The maximum Gasteiger partial charge on any atom is 0.282 e. The summed E-state index contributed by atoms with van der Waals surface area (Å²) >= 11 is 6.37. The molecule has 1 N–H and O–H groups in total. The quantitative estimate of drug-likeness (QED) is 0.500. The summed E-state index contributed by atoms with van der Waals surface area (Å²) in [6, 6.07) is 11.2. The molecule has 0 unspecified atom stereocenters. The second kappa shape index (κ2) is 8.88.